The Morgan fingerprint density at radius 3 is 2.53 bits per heavy atom. The summed E-state index contributed by atoms with van der Waals surface area (Å²) in [6, 6.07) is 0. The number of piperidine rings is 2. The Hall–Kier alpha value is -0.120. The van der Waals surface area contributed by atoms with Gasteiger partial charge in [0.1, 0.15) is 0 Å². The van der Waals surface area contributed by atoms with Crippen LogP contribution in [-0.4, -0.2) is 55.6 Å². The summed E-state index contributed by atoms with van der Waals surface area (Å²) in [6.45, 7) is 10.8. The van der Waals surface area contributed by atoms with Crippen LogP contribution in [0.4, 0.5) is 0 Å². The van der Waals surface area contributed by atoms with E-state index in [1.165, 1.54) is 58.4 Å². The van der Waals surface area contributed by atoms with E-state index in [-0.39, 0.29) is 0 Å². The zero-order valence-corrected chi connectivity index (χ0v) is 11.4. The first-order valence-corrected chi connectivity index (χ1v) is 7.42. The van der Waals surface area contributed by atoms with Gasteiger partial charge in [-0.25, -0.2) is 0 Å². The molecule has 0 bridgehead atoms. The maximum atomic E-state index is 5.65. The van der Waals surface area contributed by atoms with Gasteiger partial charge in [-0.1, -0.05) is 6.92 Å². The van der Waals surface area contributed by atoms with Gasteiger partial charge in [-0.3, -0.25) is 0 Å². The van der Waals surface area contributed by atoms with Gasteiger partial charge in [-0.05, 0) is 57.2 Å². The smallest absolute Gasteiger partial charge is 0.0105 e. The Bertz CT molecular complexity index is 210. The molecule has 3 nitrogen and oxygen atoms in total. The fourth-order valence-corrected chi connectivity index (χ4v) is 3.30. The van der Waals surface area contributed by atoms with Crippen molar-refractivity contribution in [1.82, 2.24) is 9.80 Å². The van der Waals surface area contributed by atoms with Gasteiger partial charge in [-0.15, -0.1) is 0 Å². The largest absolute Gasteiger partial charge is 0.329 e. The number of hydrogen-bond acceptors (Lipinski definition) is 3. The molecule has 2 aliphatic rings. The van der Waals surface area contributed by atoms with Crippen molar-refractivity contribution in [1.29, 1.82) is 0 Å². The minimum atomic E-state index is 0.813. The van der Waals surface area contributed by atoms with E-state index in [1.807, 2.05) is 0 Å². The van der Waals surface area contributed by atoms with E-state index in [4.69, 9.17) is 5.73 Å². The van der Waals surface area contributed by atoms with Crippen LogP contribution >= 0.6 is 0 Å². The zero-order valence-electron chi connectivity index (χ0n) is 11.4. The van der Waals surface area contributed by atoms with Crippen LogP contribution in [0.1, 0.15) is 32.6 Å². The molecular weight excluding hydrogens is 210 g/mol. The molecule has 0 saturated carbocycles. The lowest BCUT2D eigenvalue weighted by Gasteiger charge is -2.37. The van der Waals surface area contributed by atoms with Crippen LogP contribution in [0.3, 0.4) is 0 Å². The second kappa shape index (κ2) is 6.72. The van der Waals surface area contributed by atoms with Crippen LogP contribution in [0.15, 0.2) is 0 Å². The zero-order chi connectivity index (χ0) is 12.1. The molecule has 2 saturated heterocycles. The molecule has 1 atom stereocenters. The molecule has 2 aliphatic heterocycles. The van der Waals surface area contributed by atoms with Gasteiger partial charge >= 0.3 is 0 Å². The van der Waals surface area contributed by atoms with Crippen molar-refractivity contribution in [2.24, 2.45) is 17.6 Å². The van der Waals surface area contributed by atoms with Crippen molar-refractivity contribution in [3.05, 3.63) is 0 Å². The lowest BCUT2D eigenvalue weighted by molar-refractivity contribution is 0.114. The van der Waals surface area contributed by atoms with E-state index in [0.29, 0.717) is 0 Å². The van der Waals surface area contributed by atoms with E-state index in [2.05, 4.69) is 16.7 Å². The summed E-state index contributed by atoms with van der Waals surface area (Å²) >= 11 is 0. The second-order valence-corrected chi connectivity index (χ2v) is 6.08. The monoisotopic (exact) mass is 239 g/mol. The maximum absolute atomic E-state index is 5.65. The first kappa shape index (κ1) is 13.3. The maximum Gasteiger partial charge on any atom is 0.0105 e. The molecule has 2 fully saturated rings. The van der Waals surface area contributed by atoms with E-state index < -0.39 is 0 Å². The Balaban J connectivity index is 1.71. The predicted molar refractivity (Wildman–Crippen MR) is 73.1 cm³/mol. The van der Waals surface area contributed by atoms with Gasteiger partial charge < -0.3 is 15.5 Å². The normalized spacial score (nSPS) is 29.6. The number of likely N-dealkylation sites (tertiary alicyclic amines) is 2. The molecule has 0 aliphatic carbocycles. The Kier molecular flexibility index (Phi) is 5.26. The van der Waals surface area contributed by atoms with Crippen molar-refractivity contribution in [3.8, 4) is 0 Å². The highest BCUT2D eigenvalue weighted by molar-refractivity contribution is 4.78. The number of rotatable bonds is 4. The lowest BCUT2D eigenvalue weighted by Crippen LogP contribution is -2.44. The quantitative estimate of drug-likeness (QED) is 0.805. The van der Waals surface area contributed by atoms with E-state index in [1.54, 1.807) is 0 Å². The number of hydrogen-bond donors (Lipinski definition) is 1. The fraction of sp³-hybridized carbons (Fsp3) is 1.00. The third-order valence-corrected chi connectivity index (χ3v) is 4.44. The van der Waals surface area contributed by atoms with Crippen LogP contribution in [-0.2, 0) is 0 Å². The summed E-state index contributed by atoms with van der Waals surface area (Å²) in [5, 5.41) is 0. The van der Waals surface area contributed by atoms with E-state index >= 15 is 0 Å². The first-order chi connectivity index (χ1) is 8.28. The van der Waals surface area contributed by atoms with Gasteiger partial charge in [0.05, 0.1) is 0 Å². The SMILES string of the molecule is CC1CCN(CC2CCCN(CCN)C2)CC1. The summed E-state index contributed by atoms with van der Waals surface area (Å²) in [6.07, 6.45) is 5.60. The third kappa shape index (κ3) is 4.23. The molecule has 2 heterocycles. The summed E-state index contributed by atoms with van der Waals surface area (Å²) in [4.78, 5) is 5.25. The minimum Gasteiger partial charge on any atom is -0.329 e. The Labute approximate surface area is 106 Å². The second-order valence-electron chi connectivity index (χ2n) is 6.08. The molecule has 1 unspecified atom stereocenters. The Morgan fingerprint density at radius 1 is 1.06 bits per heavy atom. The number of nitrogens with two attached hydrogens (primary N) is 1. The first-order valence-electron chi connectivity index (χ1n) is 7.42. The van der Waals surface area contributed by atoms with E-state index in [9.17, 15) is 0 Å². The van der Waals surface area contributed by atoms with Crippen LogP contribution in [0.2, 0.25) is 0 Å². The van der Waals surface area contributed by atoms with Crippen molar-refractivity contribution in [3.63, 3.8) is 0 Å². The average Bonchev–Trinajstić information content (AvgIpc) is 2.33. The molecule has 100 valence electrons. The van der Waals surface area contributed by atoms with E-state index in [0.717, 1.165) is 24.9 Å². The molecule has 0 aromatic carbocycles. The van der Waals surface area contributed by atoms with Crippen LogP contribution in [0.5, 0.6) is 0 Å². The summed E-state index contributed by atoms with van der Waals surface area (Å²) in [5.74, 6) is 1.84. The van der Waals surface area contributed by atoms with Crippen molar-refractivity contribution in [2.45, 2.75) is 32.6 Å². The topological polar surface area (TPSA) is 32.5 Å². The molecule has 0 aromatic heterocycles. The van der Waals surface area contributed by atoms with Gasteiger partial charge in [0.25, 0.3) is 0 Å². The van der Waals surface area contributed by atoms with Gasteiger partial charge in [0.15, 0.2) is 0 Å². The molecule has 0 spiro atoms. The molecule has 0 radical (unpaired) electrons. The molecule has 0 amide bonds. The number of nitrogens with zero attached hydrogens (tertiary/aromatic N) is 2. The molecular formula is C14H29N3. The van der Waals surface area contributed by atoms with Crippen molar-refractivity contribution < 1.29 is 0 Å². The molecule has 0 aromatic rings. The highest BCUT2D eigenvalue weighted by Crippen LogP contribution is 2.21. The van der Waals surface area contributed by atoms with Crippen LogP contribution < -0.4 is 5.73 Å². The van der Waals surface area contributed by atoms with Gasteiger partial charge in [0, 0.05) is 26.2 Å². The van der Waals surface area contributed by atoms with Crippen molar-refractivity contribution in [2.75, 3.05) is 45.8 Å². The lowest BCUT2D eigenvalue weighted by atomic mass is 9.94. The van der Waals surface area contributed by atoms with Gasteiger partial charge in [0.2, 0.25) is 0 Å². The van der Waals surface area contributed by atoms with Gasteiger partial charge in [-0.2, -0.15) is 0 Å². The predicted octanol–water partition coefficient (Wildman–Crippen LogP) is 1.39. The average molecular weight is 239 g/mol. The standard InChI is InChI=1S/C14H29N3/c1-13-4-8-17(9-5-13)12-14-3-2-7-16(11-14)10-6-15/h13-14H,2-12,15H2,1H3. The Morgan fingerprint density at radius 2 is 1.82 bits per heavy atom. The third-order valence-electron chi connectivity index (χ3n) is 4.44. The van der Waals surface area contributed by atoms with Crippen LogP contribution in [0.25, 0.3) is 0 Å². The molecule has 17 heavy (non-hydrogen) atoms. The highest BCUT2D eigenvalue weighted by Gasteiger charge is 2.23. The van der Waals surface area contributed by atoms with Crippen molar-refractivity contribution >= 4 is 0 Å². The fourth-order valence-electron chi connectivity index (χ4n) is 3.30. The molecule has 2 rings (SSSR count). The summed E-state index contributed by atoms with van der Waals surface area (Å²) in [7, 11) is 0. The summed E-state index contributed by atoms with van der Waals surface area (Å²) < 4.78 is 0. The van der Waals surface area contributed by atoms with Crippen LogP contribution in [0, 0.1) is 11.8 Å². The minimum absolute atomic E-state index is 0.813. The summed E-state index contributed by atoms with van der Waals surface area (Å²) in [5.41, 5.74) is 5.65. The highest BCUT2D eigenvalue weighted by atomic mass is 15.2. The molecule has 2 N–H and O–H groups in total. The molecule has 3 heteroatoms.